The number of anilines is 1. The van der Waals surface area contributed by atoms with Crippen molar-refractivity contribution in [1.82, 2.24) is 44.1 Å². The van der Waals surface area contributed by atoms with E-state index in [1.54, 1.807) is 34.5 Å². The molecule has 0 aliphatic carbocycles. The van der Waals surface area contributed by atoms with E-state index in [4.69, 9.17) is 14.7 Å². The van der Waals surface area contributed by atoms with Crippen LogP contribution < -0.4 is 20.6 Å². The molecule has 0 saturated carbocycles. The molecular weight excluding hydrogens is 943 g/mol. The van der Waals surface area contributed by atoms with Gasteiger partial charge in [-0.3, -0.25) is 33.9 Å². The summed E-state index contributed by atoms with van der Waals surface area (Å²) in [5, 5.41) is 14.8. The summed E-state index contributed by atoms with van der Waals surface area (Å²) < 4.78 is 42.3. The highest BCUT2D eigenvalue weighted by Crippen LogP contribution is 2.44. The Bertz CT molecular complexity index is 3210. The first kappa shape index (κ1) is 48.9. The molecule has 390 valence electrons. The van der Waals surface area contributed by atoms with E-state index < -0.39 is 17.8 Å². The lowest BCUT2D eigenvalue weighted by molar-refractivity contribution is -0.135. The normalized spacial score (nSPS) is 23.9. The molecule has 0 spiro atoms. The standard InChI is InChI=1S/C57H68F2N10O5/c1-3-41-44(58)10-8-38-28-40(70)30-42(49(38)41)51-50(59)52-43(31-60-51)53(67-21-5-4-6-22-67)63-55(62-52)74-34-57-19-7-23-68(57)39(14-20-57)33-66-24-15-35(16-25-66)32-65-26-17-36(18-27-65)37-9-11-45-47(29-37)64(2)56(73)69(45)46-12-13-48(71)61-54(46)72/h8-11,28-31,35-36,39,46,70H,3-7,12-27,32-34H2,1-2H3,(H,61,71,72)/t39-,46?,57-/m0/s1. The topological polar surface area (TPSA) is 154 Å². The van der Waals surface area contributed by atoms with Crippen molar-refractivity contribution in [2.45, 2.75) is 120 Å². The van der Waals surface area contributed by atoms with Crippen LogP contribution in [0.1, 0.15) is 113 Å². The van der Waals surface area contributed by atoms with Crippen molar-refractivity contribution < 1.29 is 28.2 Å². The number of imidazole rings is 1. The first-order valence-corrected chi connectivity index (χ1v) is 27.4. The zero-order chi connectivity index (χ0) is 50.8. The number of fused-ring (bicyclic) bond motifs is 4. The summed E-state index contributed by atoms with van der Waals surface area (Å²) in [7, 11) is 1.76. The Morgan fingerprint density at radius 1 is 0.824 bits per heavy atom. The number of hydrogen-bond donors (Lipinski definition) is 2. The number of halogens is 2. The van der Waals surface area contributed by atoms with Crippen LogP contribution in [0, 0.1) is 17.6 Å². The predicted molar refractivity (Wildman–Crippen MR) is 281 cm³/mol. The Balaban J connectivity index is 0.679. The van der Waals surface area contributed by atoms with Gasteiger partial charge in [-0.15, -0.1) is 0 Å². The monoisotopic (exact) mass is 1010 g/mol. The molecule has 12 rings (SSSR count). The smallest absolute Gasteiger partial charge is 0.329 e. The number of aryl methyl sites for hydroxylation is 2. The number of imide groups is 1. The van der Waals surface area contributed by atoms with Gasteiger partial charge in [0.2, 0.25) is 11.8 Å². The highest BCUT2D eigenvalue weighted by Gasteiger charge is 2.50. The number of aromatic hydroxyl groups is 1. The molecule has 6 aromatic rings. The van der Waals surface area contributed by atoms with Gasteiger partial charge in [0.05, 0.1) is 22.0 Å². The molecule has 6 aliphatic heterocycles. The molecule has 15 nitrogen and oxygen atoms in total. The fourth-order valence-corrected chi connectivity index (χ4v) is 14.0. The summed E-state index contributed by atoms with van der Waals surface area (Å²) in [4.78, 5) is 62.5. The van der Waals surface area contributed by atoms with Crippen LogP contribution in [0.2, 0.25) is 0 Å². The molecule has 2 N–H and O–H groups in total. The molecule has 3 aromatic heterocycles. The fraction of sp³-hybridized carbons (Fsp3) is 0.544. The van der Waals surface area contributed by atoms with Crippen molar-refractivity contribution in [2.75, 3.05) is 70.4 Å². The van der Waals surface area contributed by atoms with E-state index in [0.29, 0.717) is 70.4 Å². The van der Waals surface area contributed by atoms with Crippen LogP contribution in [-0.2, 0) is 23.1 Å². The van der Waals surface area contributed by atoms with Crippen LogP contribution in [0.5, 0.6) is 11.8 Å². The van der Waals surface area contributed by atoms with E-state index in [-0.39, 0.29) is 52.3 Å². The van der Waals surface area contributed by atoms with Gasteiger partial charge < -0.3 is 24.5 Å². The lowest BCUT2D eigenvalue weighted by Crippen LogP contribution is -2.51. The maximum atomic E-state index is 17.2. The molecule has 6 aliphatic rings. The van der Waals surface area contributed by atoms with Crippen LogP contribution in [0.3, 0.4) is 0 Å². The third-order valence-electron chi connectivity index (χ3n) is 18.0. The van der Waals surface area contributed by atoms with Gasteiger partial charge in [0.1, 0.15) is 41.2 Å². The number of nitrogens with one attached hydrogen (secondary N) is 1. The van der Waals surface area contributed by atoms with E-state index in [1.807, 2.05) is 13.0 Å². The number of phenolic OH excluding ortho intramolecular Hbond substituents is 1. The van der Waals surface area contributed by atoms with Crippen LogP contribution in [0.25, 0.3) is 44.0 Å². The quantitative estimate of drug-likeness (QED) is 0.114. The molecule has 3 atom stereocenters. The molecule has 0 bridgehead atoms. The highest BCUT2D eigenvalue weighted by atomic mass is 19.1. The minimum atomic E-state index is -0.683. The largest absolute Gasteiger partial charge is 0.508 e. The summed E-state index contributed by atoms with van der Waals surface area (Å²) >= 11 is 0. The van der Waals surface area contributed by atoms with Crippen molar-refractivity contribution >= 4 is 50.3 Å². The third-order valence-corrected chi connectivity index (χ3v) is 18.0. The number of ether oxygens (including phenoxy) is 1. The van der Waals surface area contributed by atoms with Gasteiger partial charge in [-0.2, -0.15) is 9.97 Å². The molecule has 9 heterocycles. The van der Waals surface area contributed by atoms with E-state index in [0.717, 1.165) is 128 Å². The molecular formula is C57H68F2N10O5. The molecule has 3 aromatic carbocycles. The van der Waals surface area contributed by atoms with E-state index in [9.17, 15) is 19.5 Å². The SMILES string of the molecule is CCc1c(F)ccc2cc(O)cc(-c3ncc4c(N5CCCCC5)nc(OC[C@@]56CCCN5[C@H](CN5CCC(CN7CCC(c8ccc9c(c8)n(C)c(=O)n9C8CCC(=O)NC8=O)CC7)CC5)CC6)nc4c3F)c12. The average Bonchev–Trinajstić information content (AvgIpc) is 4.06. The lowest BCUT2D eigenvalue weighted by atomic mass is 9.88. The maximum Gasteiger partial charge on any atom is 0.329 e. The number of pyridine rings is 1. The van der Waals surface area contributed by atoms with E-state index in [1.165, 1.54) is 30.5 Å². The van der Waals surface area contributed by atoms with Gasteiger partial charge in [-0.25, -0.2) is 13.6 Å². The third kappa shape index (κ3) is 8.89. The Morgan fingerprint density at radius 2 is 1.61 bits per heavy atom. The van der Waals surface area contributed by atoms with Crippen molar-refractivity contribution in [3.8, 4) is 23.0 Å². The zero-order valence-electron chi connectivity index (χ0n) is 42.8. The Labute approximate surface area is 429 Å². The summed E-state index contributed by atoms with van der Waals surface area (Å²) in [6.07, 6.45) is 14.5. The number of carbonyl (C=O) groups excluding carboxylic acids is 2. The van der Waals surface area contributed by atoms with Gasteiger partial charge in [0.25, 0.3) is 0 Å². The van der Waals surface area contributed by atoms with Gasteiger partial charge in [0.15, 0.2) is 5.82 Å². The lowest BCUT2D eigenvalue weighted by Gasteiger charge is -2.40. The number of piperidine rings is 4. The van der Waals surface area contributed by atoms with E-state index >= 15 is 8.78 Å². The molecule has 17 heteroatoms. The number of hydrogen-bond acceptors (Lipinski definition) is 12. The van der Waals surface area contributed by atoms with Crippen LogP contribution >= 0.6 is 0 Å². The molecule has 0 radical (unpaired) electrons. The van der Waals surface area contributed by atoms with Gasteiger partial charge in [0, 0.05) is 57.4 Å². The Morgan fingerprint density at radius 3 is 2.39 bits per heavy atom. The van der Waals surface area contributed by atoms with Crippen molar-refractivity contribution in [2.24, 2.45) is 13.0 Å². The van der Waals surface area contributed by atoms with Crippen molar-refractivity contribution in [1.29, 1.82) is 0 Å². The fourth-order valence-electron chi connectivity index (χ4n) is 14.0. The maximum absolute atomic E-state index is 17.2. The summed E-state index contributed by atoms with van der Waals surface area (Å²) in [5.41, 5.74) is 3.29. The van der Waals surface area contributed by atoms with Crippen LogP contribution in [0.15, 0.2) is 53.5 Å². The van der Waals surface area contributed by atoms with Crippen LogP contribution in [-0.4, -0.2) is 133 Å². The number of phenols is 1. The Kier molecular flexibility index (Phi) is 13.2. The second-order valence-corrected chi connectivity index (χ2v) is 22.3. The first-order chi connectivity index (χ1) is 35.9. The predicted octanol–water partition coefficient (Wildman–Crippen LogP) is 7.98. The number of likely N-dealkylation sites (tertiary alicyclic amines) is 2. The van der Waals surface area contributed by atoms with Crippen LogP contribution in [0.4, 0.5) is 14.6 Å². The summed E-state index contributed by atoms with van der Waals surface area (Å²) in [6, 6.07) is 12.2. The van der Waals surface area contributed by atoms with Crippen molar-refractivity contribution in [3.05, 3.63) is 81.9 Å². The zero-order valence-corrected chi connectivity index (χ0v) is 42.8. The molecule has 6 fully saturated rings. The number of nitrogens with zero attached hydrogens (tertiary/aromatic N) is 9. The molecule has 1 unspecified atom stereocenters. The second kappa shape index (κ2) is 19.9. The summed E-state index contributed by atoms with van der Waals surface area (Å²) in [5.74, 6) is -0.0896. The summed E-state index contributed by atoms with van der Waals surface area (Å²) in [6.45, 7) is 11.4. The number of amides is 2. The van der Waals surface area contributed by atoms with Gasteiger partial charge in [-0.1, -0.05) is 19.1 Å². The van der Waals surface area contributed by atoms with E-state index in [2.05, 4.69) is 42.0 Å². The Hall–Kier alpha value is -6.04. The number of benzene rings is 3. The van der Waals surface area contributed by atoms with Crippen molar-refractivity contribution in [3.63, 3.8) is 0 Å². The second-order valence-electron chi connectivity index (χ2n) is 22.3. The number of aromatic nitrogens is 5. The minimum Gasteiger partial charge on any atom is -0.508 e. The minimum absolute atomic E-state index is 0.00164. The molecule has 74 heavy (non-hydrogen) atoms. The van der Waals surface area contributed by atoms with Gasteiger partial charge >= 0.3 is 11.7 Å². The molecule has 2 amide bonds. The molecule has 6 saturated heterocycles. The number of rotatable bonds is 12. The highest BCUT2D eigenvalue weighted by molar-refractivity contribution is 6.02. The number of carbonyl (C=O) groups is 2. The van der Waals surface area contributed by atoms with Gasteiger partial charge in [-0.05, 0) is 180 Å². The average molecular weight is 1010 g/mol. The first-order valence-electron chi connectivity index (χ1n) is 27.4.